The molecular formula is C19H28BrClN2O. The number of carbonyl (C=O) groups is 1. The van der Waals surface area contributed by atoms with Crippen LogP contribution in [-0.2, 0) is 10.2 Å². The Hall–Kier alpha value is -0.580. The number of halogens is 2. The van der Waals surface area contributed by atoms with Crippen LogP contribution >= 0.6 is 28.3 Å². The highest BCUT2D eigenvalue weighted by Gasteiger charge is 2.47. The number of carbonyl (C=O) groups excluding carboxylic acids is 1. The zero-order valence-corrected chi connectivity index (χ0v) is 16.8. The van der Waals surface area contributed by atoms with Crippen molar-refractivity contribution in [2.45, 2.75) is 44.4 Å². The summed E-state index contributed by atoms with van der Waals surface area (Å²) in [5.74, 6) is 1.09. The standard InChI is InChI=1S/C19H27BrN2O.ClH/c1-2-21-14-15-8-12-22(13-9-15)18(23)19(10-3-11-19)16-4-6-17(20)7-5-16;/h4-7,15,21H,2-3,8-14H2,1H3;1H. The van der Waals surface area contributed by atoms with E-state index < -0.39 is 0 Å². The van der Waals surface area contributed by atoms with Crippen LogP contribution in [0.15, 0.2) is 28.7 Å². The van der Waals surface area contributed by atoms with Gasteiger partial charge in [-0.3, -0.25) is 4.79 Å². The highest BCUT2D eigenvalue weighted by molar-refractivity contribution is 9.10. The van der Waals surface area contributed by atoms with Crippen molar-refractivity contribution in [1.29, 1.82) is 0 Å². The molecular weight excluding hydrogens is 388 g/mol. The van der Waals surface area contributed by atoms with Gasteiger partial charge in [0, 0.05) is 17.6 Å². The number of hydrogen-bond donors (Lipinski definition) is 1. The molecule has 1 aromatic carbocycles. The summed E-state index contributed by atoms with van der Waals surface area (Å²) in [7, 11) is 0. The molecule has 1 N–H and O–H groups in total. The molecule has 1 saturated carbocycles. The lowest BCUT2D eigenvalue weighted by molar-refractivity contribution is -0.142. The predicted octanol–water partition coefficient (Wildman–Crippen LogP) is 4.14. The quantitative estimate of drug-likeness (QED) is 0.784. The number of amides is 1. The molecule has 0 aromatic heterocycles. The lowest BCUT2D eigenvalue weighted by atomic mass is 9.63. The predicted molar refractivity (Wildman–Crippen MR) is 105 cm³/mol. The largest absolute Gasteiger partial charge is 0.342 e. The van der Waals surface area contributed by atoms with Gasteiger partial charge in [0.1, 0.15) is 0 Å². The first-order valence-corrected chi connectivity index (χ1v) is 9.71. The topological polar surface area (TPSA) is 32.3 Å². The van der Waals surface area contributed by atoms with Crippen LogP contribution in [0.25, 0.3) is 0 Å². The van der Waals surface area contributed by atoms with Crippen molar-refractivity contribution in [3.05, 3.63) is 34.3 Å². The molecule has 5 heteroatoms. The third-order valence-corrected chi connectivity index (χ3v) is 6.13. The number of nitrogens with zero attached hydrogens (tertiary/aromatic N) is 1. The van der Waals surface area contributed by atoms with E-state index >= 15 is 0 Å². The van der Waals surface area contributed by atoms with E-state index in [2.05, 4.69) is 57.3 Å². The molecule has 3 rings (SSSR count). The average molecular weight is 416 g/mol. The minimum absolute atomic E-state index is 0. The second-order valence-corrected chi connectivity index (χ2v) is 7.90. The number of nitrogens with one attached hydrogen (secondary N) is 1. The summed E-state index contributed by atoms with van der Waals surface area (Å²) in [6, 6.07) is 8.37. The van der Waals surface area contributed by atoms with Crippen molar-refractivity contribution in [3.63, 3.8) is 0 Å². The Morgan fingerprint density at radius 1 is 1.25 bits per heavy atom. The molecule has 0 bridgehead atoms. The Bertz CT molecular complexity index is 537. The summed E-state index contributed by atoms with van der Waals surface area (Å²) in [5, 5.41) is 3.44. The van der Waals surface area contributed by atoms with Crippen LogP contribution in [0.4, 0.5) is 0 Å². The Labute approximate surface area is 160 Å². The van der Waals surface area contributed by atoms with E-state index in [0.717, 1.165) is 62.3 Å². The summed E-state index contributed by atoms with van der Waals surface area (Å²) in [6.07, 6.45) is 5.44. The van der Waals surface area contributed by atoms with Crippen molar-refractivity contribution in [2.75, 3.05) is 26.2 Å². The molecule has 0 radical (unpaired) electrons. The summed E-state index contributed by atoms with van der Waals surface area (Å²) in [6.45, 7) is 6.12. The lowest BCUT2D eigenvalue weighted by Crippen LogP contribution is -2.53. The normalized spacial score (nSPS) is 20.2. The van der Waals surface area contributed by atoms with Crippen molar-refractivity contribution < 1.29 is 4.79 Å². The fourth-order valence-electron chi connectivity index (χ4n) is 3.92. The molecule has 2 fully saturated rings. The Balaban J connectivity index is 0.00000208. The van der Waals surface area contributed by atoms with Gasteiger partial charge in [0.15, 0.2) is 0 Å². The Kier molecular flexibility index (Phi) is 7.14. The van der Waals surface area contributed by atoms with E-state index in [0.29, 0.717) is 5.91 Å². The second kappa shape index (κ2) is 8.68. The minimum Gasteiger partial charge on any atom is -0.342 e. The fraction of sp³-hybridized carbons (Fsp3) is 0.632. The fourth-order valence-corrected chi connectivity index (χ4v) is 4.18. The molecule has 1 heterocycles. The van der Waals surface area contributed by atoms with Crippen LogP contribution in [0.5, 0.6) is 0 Å². The smallest absolute Gasteiger partial charge is 0.233 e. The molecule has 1 aliphatic heterocycles. The van der Waals surface area contributed by atoms with Gasteiger partial charge in [-0.25, -0.2) is 0 Å². The van der Waals surface area contributed by atoms with Gasteiger partial charge in [-0.15, -0.1) is 12.4 Å². The van der Waals surface area contributed by atoms with Gasteiger partial charge in [0.05, 0.1) is 5.41 Å². The van der Waals surface area contributed by atoms with E-state index in [1.807, 2.05) is 0 Å². The molecule has 2 aliphatic rings. The van der Waals surface area contributed by atoms with Crippen LogP contribution in [0.3, 0.4) is 0 Å². The van der Waals surface area contributed by atoms with Crippen molar-refractivity contribution in [3.8, 4) is 0 Å². The van der Waals surface area contributed by atoms with Gasteiger partial charge >= 0.3 is 0 Å². The molecule has 3 nitrogen and oxygen atoms in total. The van der Waals surface area contributed by atoms with E-state index in [4.69, 9.17) is 0 Å². The first-order chi connectivity index (χ1) is 11.2. The molecule has 0 atom stereocenters. The molecule has 24 heavy (non-hydrogen) atoms. The maximum Gasteiger partial charge on any atom is 0.233 e. The third-order valence-electron chi connectivity index (χ3n) is 5.60. The lowest BCUT2D eigenvalue weighted by Gasteiger charge is -2.45. The van der Waals surface area contributed by atoms with E-state index in [1.165, 1.54) is 12.0 Å². The highest BCUT2D eigenvalue weighted by atomic mass is 79.9. The molecule has 0 spiro atoms. The number of rotatable bonds is 5. The van der Waals surface area contributed by atoms with E-state index in [-0.39, 0.29) is 17.8 Å². The molecule has 1 aromatic rings. The Morgan fingerprint density at radius 3 is 2.38 bits per heavy atom. The summed E-state index contributed by atoms with van der Waals surface area (Å²) in [5.41, 5.74) is 0.960. The number of piperidine rings is 1. The monoisotopic (exact) mass is 414 g/mol. The van der Waals surface area contributed by atoms with Crippen molar-refractivity contribution in [2.24, 2.45) is 5.92 Å². The maximum atomic E-state index is 13.2. The third kappa shape index (κ3) is 3.97. The minimum atomic E-state index is -0.241. The van der Waals surface area contributed by atoms with E-state index in [1.54, 1.807) is 0 Å². The van der Waals surface area contributed by atoms with Gasteiger partial charge in [0.25, 0.3) is 0 Å². The number of hydrogen-bond acceptors (Lipinski definition) is 2. The van der Waals surface area contributed by atoms with Crippen LogP contribution in [-0.4, -0.2) is 37.0 Å². The number of benzene rings is 1. The Morgan fingerprint density at radius 2 is 1.88 bits per heavy atom. The van der Waals surface area contributed by atoms with Crippen molar-refractivity contribution in [1.82, 2.24) is 10.2 Å². The van der Waals surface area contributed by atoms with Crippen LogP contribution in [0.1, 0.15) is 44.6 Å². The molecule has 134 valence electrons. The highest BCUT2D eigenvalue weighted by Crippen LogP contribution is 2.45. The van der Waals surface area contributed by atoms with Crippen LogP contribution in [0, 0.1) is 5.92 Å². The molecule has 1 saturated heterocycles. The molecule has 1 aliphatic carbocycles. The first kappa shape index (κ1) is 19.7. The average Bonchev–Trinajstić information content (AvgIpc) is 2.54. The number of likely N-dealkylation sites (tertiary alicyclic amines) is 1. The summed E-state index contributed by atoms with van der Waals surface area (Å²) < 4.78 is 1.08. The zero-order valence-electron chi connectivity index (χ0n) is 14.4. The zero-order chi connectivity index (χ0) is 16.3. The van der Waals surface area contributed by atoms with Crippen LogP contribution in [0.2, 0.25) is 0 Å². The van der Waals surface area contributed by atoms with Gasteiger partial charge in [-0.05, 0) is 62.4 Å². The molecule has 0 unspecified atom stereocenters. The van der Waals surface area contributed by atoms with Gasteiger partial charge in [-0.1, -0.05) is 41.4 Å². The summed E-state index contributed by atoms with van der Waals surface area (Å²) in [4.78, 5) is 15.3. The summed E-state index contributed by atoms with van der Waals surface area (Å²) >= 11 is 3.49. The van der Waals surface area contributed by atoms with E-state index in [9.17, 15) is 4.79 Å². The second-order valence-electron chi connectivity index (χ2n) is 6.99. The maximum absolute atomic E-state index is 13.2. The van der Waals surface area contributed by atoms with Gasteiger partial charge in [0.2, 0.25) is 5.91 Å². The van der Waals surface area contributed by atoms with Gasteiger partial charge < -0.3 is 10.2 Å². The SMILES string of the molecule is CCNCC1CCN(C(=O)C2(c3ccc(Br)cc3)CCC2)CC1.Cl. The molecule has 1 amide bonds. The van der Waals surface area contributed by atoms with Gasteiger partial charge in [-0.2, -0.15) is 0 Å². The first-order valence-electron chi connectivity index (χ1n) is 8.92. The van der Waals surface area contributed by atoms with Crippen LogP contribution < -0.4 is 5.32 Å². The van der Waals surface area contributed by atoms with Crippen molar-refractivity contribution >= 4 is 34.2 Å².